The first kappa shape index (κ1) is 13.6. The Kier molecular flexibility index (Phi) is 6.21. The fourth-order valence-corrected chi connectivity index (χ4v) is 1.58. The minimum atomic E-state index is 0.204. The van der Waals surface area contributed by atoms with E-state index in [1.54, 1.807) is 0 Å². The molecule has 0 aliphatic heterocycles. The Morgan fingerprint density at radius 2 is 2.12 bits per heavy atom. The van der Waals surface area contributed by atoms with Gasteiger partial charge in [0.1, 0.15) is 5.75 Å². The van der Waals surface area contributed by atoms with E-state index in [9.17, 15) is 0 Å². The summed E-state index contributed by atoms with van der Waals surface area (Å²) in [6.07, 6.45) is 2.62. The molecule has 0 saturated heterocycles. The van der Waals surface area contributed by atoms with Gasteiger partial charge in [0, 0.05) is 12.5 Å². The summed E-state index contributed by atoms with van der Waals surface area (Å²) in [5, 5.41) is 0. The average molecular weight is 231 g/mol. The fourth-order valence-electron chi connectivity index (χ4n) is 1.58. The van der Waals surface area contributed by atoms with Crippen molar-refractivity contribution < 1.29 is 4.74 Å². The third-order valence-electron chi connectivity index (χ3n) is 2.64. The molecule has 0 saturated carbocycles. The molecule has 1 rings (SSSR count). The third kappa shape index (κ3) is 4.93. The Balaban J connectivity index is 2.59. The number of ether oxygens (including phenoxy) is 1. The molecule has 92 valence electrons. The van der Waals surface area contributed by atoms with Crippen molar-refractivity contribution in [2.75, 3.05) is 6.61 Å². The Hall–Kier alpha value is -1.46. The van der Waals surface area contributed by atoms with Crippen molar-refractivity contribution in [3.05, 3.63) is 29.8 Å². The number of para-hydroxylation sites is 1. The minimum Gasteiger partial charge on any atom is -0.492 e. The first-order valence-corrected chi connectivity index (χ1v) is 6.13. The second kappa shape index (κ2) is 7.76. The second-order valence-corrected chi connectivity index (χ2v) is 4.01. The Labute approximate surface area is 104 Å². The van der Waals surface area contributed by atoms with Gasteiger partial charge in [0.25, 0.3) is 0 Å². The normalized spacial score (nSPS) is 11.5. The number of hydrogen-bond acceptors (Lipinski definition) is 2. The van der Waals surface area contributed by atoms with Gasteiger partial charge < -0.3 is 10.5 Å². The monoisotopic (exact) mass is 231 g/mol. The molecule has 1 aromatic carbocycles. The lowest BCUT2D eigenvalue weighted by molar-refractivity contribution is 0.323. The van der Waals surface area contributed by atoms with E-state index >= 15 is 0 Å². The van der Waals surface area contributed by atoms with Gasteiger partial charge in [0.15, 0.2) is 0 Å². The maximum Gasteiger partial charge on any atom is 0.122 e. The summed E-state index contributed by atoms with van der Waals surface area (Å²) in [4.78, 5) is 0. The molecule has 0 bridgehead atoms. The molecule has 0 heterocycles. The molecule has 0 aliphatic carbocycles. The van der Waals surface area contributed by atoms with E-state index in [2.05, 4.69) is 24.8 Å². The maximum atomic E-state index is 5.97. The topological polar surface area (TPSA) is 35.2 Å². The summed E-state index contributed by atoms with van der Waals surface area (Å²) >= 11 is 0. The van der Waals surface area contributed by atoms with Gasteiger partial charge >= 0.3 is 0 Å². The summed E-state index contributed by atoms with van der Waals surface area (Å²) < 4.78 is 5.73. The molecule has 2 N–H and O–H groups in total. The first-order chi connectivity index (χ1) is 8.27. The van der Waals surface area contributed by atoms with Gasteiger partial charge in [-0.2, -0.15) is 0 Å². The highest BCUT2D eigenvalue weighted by Gasteiger charge is 2.06. The maximum absolute atomic E-state index is 5.97. The van der Waals surface area contributed by atoms with Gasteiger partial charge in [-0.1, -0.05) is 25.1 Å². The van der Waals surface area contributed by atoms with Gasteiger partial charge in [0.05, 0.1) is 6.61 Å². The summed E-state index contributed by atoms with van der Waals surface area (Å²) in [6.45, 7) is 4.58. The molecular weight excluding hydrogens is 210 g/mol. The van der Waals surface area contributed by atoms with Crippen LogP contribution in [0.3, 0.4) is 0 Å². The highest BCUT2D eigenvalue weighted by atomic mass is 16.5. The molecule has 0 amide bonds. The van der Waals surface area contributed by atoms with Gasteiger partial charge in [-0.25, -0.2) is 0 Å². The third-order valence-corrected chi connectivity index (χ3v) is 2.64. The van der Waals surface area contributed by atoms with Crippen LogP contribution < -0.4 is 10.5 Å². The standard InChI is InChI=1S/C15H21NO/c1-3-5-8-11-17-15-10-7-6-9-13(15)12-14(16)4-2/h6-7,9-10,14H,4,8,11-12,16H2,1-2H3. The Morgan fingerprint density at radius 3 is 2.82 bits per heavy atom. The Morgan fingerprint density at radius 1 is 1.35 bits per heavy atom. The minimum absolute atomic E-state index is 0.204. The molecule has 0 radical (unpaired) electrons. The van der Waals surface area contributed by atoms with E-state index in [-0.39, 0.29) is 6.04 Å². The van der Waals surface area contributed by atoms with Crippen molar-refractivity contribution in [3.63, 3.8) is 0 Å². The van der Waals surface area contributed by atoms with E-state index in [0.29, 0.717) is 6.61 Å². The number of nitrogens with two attached hydrogens (primary N) is 1. The van der Waals surface area contributed by atoms with Crippen molar-refractivity contribution >= 4 is 0 Å². The van der Waals surface area contributed by atoms with E-state index in [1.807, 2.05) is 25.1 Å². The lowest BCUT2D eigenvalue weighted by Crippen LogP contribution is -2.21. The van der Waals surface area contributed by atoms with E-state index in [1.165, 1.54) is 5.56 Å². The Bertz CT molecular complexity index is 389. The molecule has 1 aromatic rings. The van der Waals surface area contributed by atoms with Gasteiger partial charge in [0.2, 0.25) is 0 Å². The second-order valence-electron chi connectivity index (χ2n) is 4.01. The summed E-state index contributed by atoms with van der Waals surface area (Å²) in [7, 11) is 0. The van der Waals surface area contributed by atoms with Crippen LogP contribution in [0.25, 0.3) is 0 Å². The molecule has 2 heteroatoms. The molecule has 0 aliphatic rings. The SMILES string of the molecule is CC#CCCOc1ccccc1CC(N)CC. The van der Waals surface area contributed by atoms with Crippen LogP contribution in [-0.4, -0.2) is 12.6 Å². The van der Waals surface area contributed by atoms with Crippen molar-refractivity contribution in [1.29, 1.82) is 0 Å². The number of rotatable bonds is 6. The summed E-state index contributed by atoms with van der Waals surface area (Å²) in [6, 6.07) is 8.29. The summed E-state index contributed by atoms with van der Waals surface area (Å²) in [5.74, 6) is 6.79. The average Bonchev–Trinajstić information content (AvgIpc) is 2.36. The van der Waals surface area contributed by atoms with Crippen molar-refractivity contribution in [2.45, 2.75) is 39.2 Å². The van der Waals surface area contributed by atoms with Crippen LogP contribution in [0.1, 0.15) is 32.3 Å². The van der Waals surface area contributed by atoms with Gasteiger partial charge in [-0.15, -0.1) is 11.8 Å². The summed E-state index contributed by atoms with van der Waals surface area (Å²) in [5.41, 5.74) is 7.16. The largest absolute Gasteiger partial charge is 0.492 e. The van der Waals surface area contributed by atoms with Crippen molar-refractivity contribution in [1.82, 2.24) is 0 Å². The fraction of sp³-hybridized carbons (Fsp3) is 0.467. The molecule has 0 fully saturated rings. The van der Waals surface area contributed by atoms with Crippen LogP contribution in [0.2, 0.25) is 0 Å². The lowest BCUT2D eigenvalue weighted by atomic mass is 10.0. The molecule has 0 aromatic heterocycles. The molecule has 1 unspecified atom stereocenters. The van der Waals surface area contributed by atoms with Crippen LogP contribution in [0.5, 0.6) is 5.75 Å². The molecule has 1 atom stereocenters. The predicted octanol–water partition coefficient (Wildman–Crippen LogP) is 2.76. The number of benzene rings is 1. The quantitative estimate of drug-likeness (QED) is 0.603. The van der Waals surface area contributed by atoms with Crippen LogP contribution in [0.4, 0.5) is 0 Å². The highest BCUT2D eigenvalue weighted by molar-refractivity contribution is 5.34. The molecular formula is C15H21NO. The highest BCUT2D eigenvalue weighted by Crippen LogP contribution is 2.19. The van der Waals surface area contributed by atoms with E-state index < -0.39 is 0 Å². The van der Waals surface area contributed by atoms with Crippen LogP contribution in [0, 0.1) is 11.8 Å². The first-order valence-electron chi connectivity index (χ1n) is 6.13. The molecule has 0 spiro atoms. The van der Waals surface area contributed by atoms with Crippen molar-refractivity contribution in [2.24, 2.45) is 5.73 Å². The lowest BCUT2D eigenvalue weighted by Gasteiger charge is -2.13. The van der Waals surface area contributed by atoms with Crippen molar-refractivity contribution in [3.8, 4) is 17.6 Å². The van der Waals surface area contributed by atoms with Gasteiger partial charge in [-0.3, -0.25) is 0 Å². The van der Waals surface area contributed by atoms with Crippen LogP contribution in [0.15, 0.2) is 24.3 Å². The smallest absolute Gasteiger partial charge is 0.122 e. The van der Waals surface area contributed by atoms with Crippen LogP contribution >= 0.6 is 0 Å². The van der Waals surface area contributed by atoms with Crippen LogP contribution in [-0.2, 0) is 6.42 Å². The zero-order valence-electron chi connectivity index (χ0n) is 10.7. The zero-order chi connectivity index (χ0) is 12.5. The number of hydrogen-bond donors (Lipinski definition) is 1. The molecule has 17 heavy (non-hydrogen) atoms. The predicted molar refractivity (Wildman–Crippen MR) is 72.0 cm³/mol. The van der Waals surface area contributed by atoms with Gasteiger partial charge in [-0.05, 0) is 31.4 Å². The van der Waals surface area contributed by atoms with E-state index in [4.69, 9.17) is 10.5 Å². The zero-order valence-corrected chi connectivity index (χ0v) is 10.7. The molecule has 2 nitrogen and oxygen atoms in total. The van der Waals surface area contributed by atoms with E-state index in [0.717, 1.165) is 25.0 Å².